The Hall–Kier alpha value is -1.24. The van der Waals surface area contributed by atoms with E-state index in [0.717, 1.165) is 0 Å². The maximum Gasteiger partial charge on any atom is 0.307 e. The van der Waals surface area contributed by atoms with Crippen molar-refractivity contribution in [3.8, 4) is 0 Å². The summed E-state index contributed by atoms with van der Waals surface area (Å²) in [5, 5.41) is 8.69. The van der Waals surface area contributed by atoms with E-state index in [2.05, 4.69) is 0 Å². The molecule has 0 aliphatic carbocycles. The van der Waals surface area contributed by atoms with Gasteiger partial charge in [-0.15, -0.1) is 0 Å². The van der Waals surface area contributed by atoms with Crippen molar-refractivity contribution < 1.29 is 23.6 Å². The summed E-state index contributed by atoms with van der Waals surface area (Å²) < 4.78 is 23.3. The predicted molar refractivity (Wildman–Crippen MR) is 74.0 cm³/mol. The summed E-state index contributed by atoms with van der Waals surface area (Å²) >= 11 is 0. The third kappa shape index (κ3) is 4.13. The van der Waals surface area contributed by atoms with Gasteiger partial charge in [0.25, 0.3) is 0 Å². The van der Waals surface area contributed by atoms with Crippen LogP contribution in [0.3, 0.4) is 0 Å². The fourth-order valence-corrected chi connectivity index (χ4v) is 3.18. The van der Waals surface area contributed by atoms with Crippen LogP contribution in [0.15, 0.2) is 29.2 Å². The molecular weight excluding hydrogens is 280 g/mol. The lowest BCUT2D eigenvalue weighted by Crippen LogP contribution is -2.24. The lowest BCUT2D eigenvalue weighted by atomic mass is 10.2. The van der Waals surface area contributed by atoms with Crippen LogP contribution in [0, 0.1) is 0 Å². The van der Waals surface area contributed by atoms with Crippen LogP contribution < -0.4 is 0 Å². The van der Waals surface area contributed by atoms with E-state index in [0.29, 0.717) is 22.8 Å². The number of carboxylic acids is 1. The van der Waals surface area contributed by atoms with E-state index in [-0.39, 0.29) is 12.5 Å². The Kier molecular flexibility index (Phi) is 4.57. The monoisotopic (exact) mass is 298 g/mol. The third-order valence-corrected chi connectivity index (χ3v) is 4.42. The van der Waals surface area contributed by atoms with Gasteiger partial charge in [0.15, 0.2) is 5.79 Å². The molecule has 1 N–H and O–H groups in total. The number of rotatable bonds is 5. The largest absolute Gasteiger partial charge is 0.481 e. The highest BCUT2D eigenvalue weighted by atomic mass is 32.2. The van der Waals surface area contributed by atoms with Crippen molar-refractivity contribution in [2.45, 2.75) is 37.1 Å². The van der Waals surface area contributed by atoms with Gasteiger partial charge in [-0.3, -0.25) is 9.00 Å². The average molecular weight is 298 g/mol. The summed E-state index contributed by atoms with van der Waals surface area (Å²) in [4.78, 5) is 11.3. The molecule has 5 nitrogen and oxygen atoms in total. The smallest absolute Gasteiger partial charge is 0.307 e. The molecule has 1 heterocycles. The first-order chi connectivity index (χ1) is 9.35. The van der Waals surface area contributed by atoms with Crippen LogP contribution in [0.4, 0.5) is 0 Å². The van der Waals surface area contributed by atoms with E-state index in [1.807, 2.05) is 13.8 Å². The first-order valence-electron chi connectivity index (χ1n) is 6.36. The third-order valence-electron chi connectivity index (χ3n) is 2.95. The molecule has 0 saturated carbocycles. The fraction of sp³-hybridized carbons (Fsp3) is 0.500. The van der Waals surface area contributed by atoms with E-state index in [4.69, 9.17) is 14.6 Å². The zero-order chi connectivity index (χ0) is 14.8. The highest BCUT2D eigenvalue weighted by Crippen LogP contribution is 2.23. The highest BCUT2D eigenvalue weighted by molar-refractivity contribution is 7.85. The Labute approximate surface area is 120 Å². The summed E-state index contributed by atoms with van der Waals surface area (Å²) in [7, 11) is -1.18. The second kappa shape index (κ2) is 6.03. The molecule has 0 bridgehead atoms. The van der Waals surface area contributed by atoms with Crippen LogP contribution >= 0.6 is 0 Å². The first-order valence-corrected chi connectivity index (χ1v) is 7.68. The summed E-state index contributed by atoms with van der Waals surface area (Å²) in [6.07, 6.45) is -0.203. The van der Waals surface area contributed by atoms with Gasteiger partial charge in [0.2, 0.25) is 0 Å². The Bertz CT molecular complexity index is 509. The first kappa shape index (κ1) is 15.2. The van der Waals surface area contributed by atoms with Crippen LogP contribution in [-0.4, -0.2) is 39.5 Å². The lowest BCUT2D eigenvalue weighted by molar-refractivity contribution is -0.136. The van der Waals surface area contributed by atoms with Gasteiger partial charge < -0.3 is 14.6 Å². The van der Waals surface area contributed by atoms with Gasteiger partial charge in [-0.05, 0) is 31.5 Å². The van der Waals surface area contributed by atoms with Gasteiger partial charge in [0, 0.05) is 4.90 Å². The molecule has 20 heavy (non-hydrogen) atoms. The van der Waals surface area contributed by atoms with Crippen molar-refractivity contribution in [1.29, 1.82) is 0 Å². The van der Waals surface area contributed by atoms with Crippen molar-refractivity contribution in [3.63, 3.8) is 0 Å². The minimum absolute atomic E-state index is 0.0271. The average Bonchev–Trinajstić information content (AvgIpc) is 2.68. The van der Waals surface area contributed by atoms with E-state index >= 15 is 0 Å². The standard InChI is InChI=1S/C14H18O5S/c1-14(2)18-8-11(19-14)9-20(17)12-5-3-10(4-6-12)7-13(15)16/h3-6,11H,7-9H2,1-2H3,(H,15,16)/t11?,20-/m0/s1. The van der Waals surface area contributed by atoms with Crippen molar-refractivity contribution >= 4 is 16.8 Å². The maximum atomic E-state index is 12.2. The van der Waals surface area contributed by atoms with Gasteiger partial charge in [-0.25, -0.2) is 0 Å². The number of benzene rings is 1. The number of aliphatic carboxylic acids is 1. The molecule has 0 spiro atoms. The molecule has 110 valence electrons. The molecule has 0 aromatic heterocycles. The van der Waals surface area contributed by atoms with E-state index in [1.54, 1.807) is 24.3 Å². The van der Waals surface area contributed by atoms with Crippen LogP contribution in [0.25, 0.3) is 0 Å². The number of hydrogen-bond donors (Lipinski definition) is 1. The Morgan fingerprint density at radius 1 is 1.40 bits per heavy atom. The molecule has 6 heteroatoms. The van der Waals surface area contributed by atoms with Gasteiger partial charge in [-0.1, -0.05) is 12.1 Å². The van der Waals surface area contributed by atoms with Crippen LogP contribution in [0.2, 0.25) is 0 Å². The summed E-state index contributed by atoms with van der Waals surface area (Å²) in [6.45, 7) is 4.10. The molecule has 2 atom stereocenters. The number of hydrogen-bond acceptors (Lipinski definition) is 4. The molecule has 1 aromatic rings. The quantitative estimate of drug-likeness (QED) is 0.893. The number of carbonyl (C=O) groups is 1. The summed E-state index contributed by atoms with van der Waals surface area (Å²) in [5.41, 5.74) is 0.694. The highest BCUT2D eigenvalue weighted by Gasteiger charge is 2.33. The molecule has 1 unspecified atom stereocenters. The molecule has 0 amide bonds. The predicted octanol–water partition coefficient (Wildman–Crippen LogP) is 1.57. The second-order valence-electron chi connectivity index (χ2n) is 5.18. The van der Waals surface area contributed by atoms with E-state index in [9.17, 15) is 9.00 Å². The lowest BCUT2D eigenvalue weighted by Gasteiger charge is -2.16. The fourth-order valence-electron chi connectivity index (χ4n) is 2.04. The Balaban J connectivity index is 1.94. The van der Waals surface area contributed by atoms with Crippen molar-refractivity contribution in [3.05, 3.63) is 29.8 Å². The summed E-state index contributed by atoms with van der Waals surface area (Å²) in [6, 6.07) is 6.79. The molecule has 1 aromatic carbocycles. The van der Waals surface area contributed by atoms with E-state index < -0.39 is 22.6 Å². The van der Waals surface area contributed by atoms with Gasteiger partial charge in [0.1, 0.15) is 0 Å². The van der Waals surface area contributed by atoms with Crippen molar-refractivity contribution in [2.24, 2.45) is 0 Å². The van der Waals surface area contributed by atoms with Crippen LogP contribution in [-0.2, 0) is 31.5 Å². The second-order valence-corrected chi connectivity index (χ2v) is 6.67. The Morgan fingerprint density at radius 2 is 2.05 bits per heavy atom. The molecule has 1 aliphatic rings. The van der Waals surface area contributed by atoms with Crippen molar-refractivity contribution in [2.75, 3.05) is 12.4 Å². The summed E-state index contributed by atoms with van der Waals surface area (Å²) in [5.74, 6) is -1.11. The van der Waals surface area contributed by atoms with Crippen LogP contribution in [0.5, 0.6) is 0 Å². The maximum absolute atomic E-state index is 12.2. The number of ether oxygens (including phenoxy) is 2. The van der Waals surface area contributed by atoms with Gasteiger partial charge in [0.05, 0.1) is 35.7 Å². The zero-order valence-corrected chi connectivity index (χ0v) is 12.3. The van der Waals surface area contributed by atoms with Gasteiger partial charge >= 0.3 is 5.97 Å². The molecule has 1 saturated heterocycles. The van der Waals surface area contributed by atoms with E-state index in [1.165, 1.54) is 0 Å². The minimum Gasteiger partial charge on any atom is -0.481 e. The SMILES string of the molecule is CC1(C)OCC(C[S@](=O)c2ccc(CC(=O)O)cc2)O1. The molecule has 1 aliphatic heterocycles. The Morgan fingerprint density at radius 3 is 2.55 bits per heavy atom. The molecular formula is C14H18O5S. The minimum atomic E-state index is -1.18. The normalized spacial score (nSPS) is 22.6. The zero-order valence-electron chi connectivity index (χ0n) is 11.5. The van der Waals surface area contributed by atoms with Crippen LogP contribution in [0.1, 0.15) is 19.4 Å². The molecule has 0 radical (unpaired) electrons. The van der Waals surface area contributed by atoms with Gasteiger partial charge in [-0.2, -0.15) is 0 Å². The number of carboxylic acid groups (broad SMARTS) is 1. The molecule has 2 rings (SSSR count). The topological polar surface area (TPSA) is 72.8 Å². The van der Waals surface area contributed by atoms with Crippen molar-refractivity contribution in [1.82, 2.24) is 0 Å². The molecule has 1 fully saturated rings.